The first-order valence-electron chi connectivity index (χ1n) is 8.40. The Morgan fingerprint density at radius 1 is 0.963 bits per heavy atom. The van der Waals surface area contributed by atoms with E-state index in [2.05, 4.69) is 0 Å². The Hall–Kier alpha value is -2.86. The van der Waals surface area contributed by atoms with Crippen LogP contribution in [-0.4, -0.2) is 41.4 Å². The molecule has 2 aromatic rings. The number of hydrogen-bond acceptors (Lipinski definition) is 5. The SMILES string of the molecule is CCOC(=O)[C@@H](CCl)N(C(=O)OCc1ccccc1)C(=O)c1ccccc1. The topological polar surface area (TPSA) is 72.9 Å². The van der Waals surface area contributed by atoms with Gasteiger partial charge in [-0.15, -0.1) is 11.6 Å². The van der Waals surface area contributed by atoms with Gasteiger partial charge in [0.1, 0.15) is 6.61 Å². The van der Waals surface area contributed by atoms with Crippen LogP contribution in [0.5, 0.6) is 0 Å². The van der Waals surface area contributed by atoms with E-state index in [1.807, 2.05) is 6.07 Å². The fourth-order valence-corrected chi connectivity index (χ4v) is 2.60. The lowest BCUT2D eigenvalue weighted by Gasteiger charge is -2.26. The number of esters is 1. The van der Waals surface area contributed by atoms with Gasteiger partial charge in [0.05, 0.1) is 12.5 Å². The molecule has 0 N–H and O–H groups in total. The Bertz CT molecular complexity index is 766. The van der Waals surface area contributed by atoms with Crippen molar-refractivity contribution in [2.24, 2.45) is 0 Å². The molecule has 0 saturated carbocycles. The maximum absolute atomic E-state index is 12.9. The molecule has 0 bridgehead atoms. The Morgan fingerprint density at radius 3 is 2.11 bits per heavy atom. The van der Waals surface area contributed by atoms with E-state index in [4.69, 9.17) is 21.1 Å². The molecule has 1 atom stereocenters. The second kappa shape index (κ2) is 10.3. The number of amides is 2. The standard InChI is InChI=1S/C20H20ClNO5/c1-2-26-19(24)17(13-21)22(18(23)16-11-7-4-8-12-16)20(25)27-14-15-9-5-3-6-10-15/h3-12,17H,2,13-14H2,1H3/t17-/m1/s1. The number of alkyl halides is 1. The monoisotopic (exact) mass is 389 g/mol. The van der Waals surface area contributed by atoms with E-state index >= 15 is 0 Å². The average Bonchev–Trinajstić information content (AvgIpc) is 2.71. The minimum Gasteiger partial charge on any atom is -0.464 e. The number of carbonyl (C=O) groups is 3. The Labute approximate surface area is 162 Å². The Kier molecular flexibility index (Phi) is 7.82. The summed E-state index contributed by atoms with van der Waals surface area (Å²) in [5.74, 6) is -1.77. The summed E-state index contributed by atoms with van der Waals surface area (Å²) in [6.45, 7) is 1.68. The van der Waals surface area contributed by atoms with E-state index in [1.54, 1.807) is 49.4 Å². The molecule has 0 radical (unpaired) electrons. The molecule has 2 amide bonds. The van der Waals surface area contributed by atoms with Gasteiger partial charge in [0.2, 0.25) is 0 Å². The molecule has 0 unspecified atom stereocenters. The van der Waals surface area contributed by atoms with E-state index < -0.39 is 24.0 Å². The van der Waals surface area contributed by atoms with E-state index in [0.717, 1.165) is 5.56 Å². The molecule has 27 heavy (non-hydrogen) atoms. The highest BCUT2D eigenvalue weighted by Gasteiger charge is 2.37. The second-order valence-corrected chi connectivity index (χ2v) is 5.81. The molecule has 0 fully saturated rings. The van der Waals surface area contributed by atoms with Gasteiger partial charge in [0.15, 0.2) is 6.04 Å². The number of ether oxygens (including phenoxy) is 2. The minimum absolute atomic E-state index is 0.0456. The van der Waals surface area contributed by atoms with Crippen LogP contribution in [0.2, 0.25) is 0 Å². The predicted octanol–water partition coefficient (Wildman–Crippen LogP) is 3.64. The van der Waals surface area contributed by atoms with E-state index in [0.29, 0.717) is 4.90 Å². The van der Waals surface area contributed by atoms with Gasteiger partial charge in [-0.3, -0.25) is 4.79 Å². The third-order valence-corrected chi connectivity index (χ3v) is 3.95. The van der Waals surface area contributed by atoms with Crippen molar-refractivity contribution in [3.8, 4) is 0 Å². The van der Waals surface area contributed by atoms with Crippen LogP contribution in [-0.2, 0) is 20.9 Å². The zero-order valence-electron chi connectivity index (χ0n) is 14.8. The largest absolute Gasteiger partial charge is 0.464 e. The number of rotatable bonds is 7. The lowest BCUT2D eigenvalue weighted by atomic mass is 10.1. The number of halogens is 1. The number of carbonyl (C=O) groups excluding carboxylic acids is 3. The molecule has 2 rings (SSSR count). The minimum atomic E-state index is -1.29. The molecule has 2 aromatic carbocycles. The first-order chi connectivity index (χ1) is 13.1. The van der Waals surface area contributed by atoms with E-state index in [-0.39, 0.29) is 24.7 Å². The molecule has 0 saturated heterocycles. The predicted molar refractivity (Wildman–Crippen MR) is 100 cm³/mol. The normalized spacial score (nSPS) is 11.3. The van der Waals surface area contributed by atoms with Crippen LogP contribution in [0, 0.1) is 0 Å². The summed E-state index contributed by atoms with van der Waals surface area (Å²) >= 11 is 5.88. The summed E-state index contributed by atoms with van der Waals surface area (Å²) in [5, 5.41) is 0. The molecule has 7 heteroatoms. The van der Waals surface area contributed by atoms with Crippen LogP contribution >= 0.6 is 11.6 Å². The first kappa shape index (κ1) is 20.5. The number of nitrogens with zero attached hydrogens (tertiary/aromatic N) is 1. The summed E-state index contributed by atoms with van der Waals surface area (Å²) in [7, 11) is 0. The fourth-order valence-electron chi connectivity index (χ4n) is 2.34. The van der Waals surface area contributed by atoms with Crippen molar-refractivity contribution in [1.29, 1.82) is 0 Å². The van der Waals surface area contributed by atoms with Gasteiger partial charge in [-0.1, -0.05) is 48.5 Å². The van der Waals surface area contributed by atoms with Gasteiger partial charge in [-0.05, 0) is 24.6 Å². The van der Waals surface area contributed by atoms with Crippen molar-refractivity contribution in [2.75, 3.05) is 12.5 Å². The first-order valence-corrected chi connectivity index (χ1v) is 8.93. The van der Waals surface area contributed by atoms with Crippen LogP contribution in [0.1, 0.15) is 22.8 Å². The van der Waals surface area contributed by atoms with Crippen molar-refractivity contribution >= 4 is 29.6 Å². The zero-order valence-corrected chi connectivity index (χ0v) is 15.6. The van der Waals surface area contributed by atoms with Gasteiger partial charge in [-0.2, -0.15) is 0 Å². The van der Waals surface area contributed by atoms with Crippen molar-refractivity contribution in [2.45, 2.75) is 19.6 Å². The highest BCUT2D eigenvalue weighted by atomic mass is 35.5. The lowest BCUT2D eigenvalue weighted by Crippen LogP contribution is -2.50. The number of benzene rings is 2. The van der Waals surface area contributed by atoms with Crippen LogP contribution in [0.15, 0.2) is 60.7 Å². The fraction of sp³-hybridized carbons (Fsp3) is 0.250. The zero-order chi connectivity index (χ0) is 19.6. The molecule has 0 aliphatic heterocycles. The van der Waals surface area contributed by atoms with Gasteiger partial charge in [0.25, 0.3) is 5.91 Å². The molecule has 0 aromatic heterocycles. The van der Waals surface area contributed by atoms with E-state index in [9.17, 15) is 14.4 Å². The van der Waals surface area contributed by atoms with Crippen LogP contribution in [0.4, 0.5) is 4.79 Å². The van der Waals surface area contributed by atoms with Gasteiger partial charge in [0, 0.05) is 5.56 Å². The number of imide groups is 1. The Morgan fingerprint density at radius 2 is 1.56 bits per heavy atom. The highest BCUT2D eigenvalue weighted by molar-refractivity contribution is 6.20. The third kappa shape index (κ3) is 5.56. The Balaban J connectivity index is 2.25. The maximum Gasteiger partial charge on any atom is 0.417 e. The summed E-state index contributed by atoms with van der Waals surface area (Å²) in [5.41, 5.74) is 0.977. The highest BCUT2D eigenvalue weighted by Crippen LogP contribution is 2.15. The van der Waals surface area contributed by atoms with Gasteiger partial charge in [-0.25, -0.2) is 14.5 Å². The van der Waals surface area contributed by atoms with Crippen molar-refractivity contribution in [3.05, 3.63) is 71.8 Å². The van der Waals surface area contributed by atoms with Gasteiger partial charge < -0.3 is 9.47 Å². The molecule has 0 heterocycles. The molecule has 142 valence electrons. The summed E-state index contributed by atoms with van der Waals surface area (Å²) in [4.78, 5) is 38.5. The summed E-state index contributed by atoms with van der Waals surface area (Å²) < 4.78 is 10.2. The van der Waals surface area contributed by atoms with Gasteiger partial charge >= 0.3 is 12.1 Å². The van der Waals surface area contributed by atoms with Crippen LogP contribution in [0.3, 0.4) is 0 Å². The molecule has 6 nitrogen and oxygen atoms in total. The summed E-state index contributed by atoms with van der Waals surface area (Å²) in [6.07, 6.45) is -0.966. The smallest absolute Gasteiger partial charge is 0.417 e. The molecular weight excluding hydrogens is 370 g/mol. The number of hydrogen-bond donors (Lipinski definition) is 0. The molecule has 0 aliphatic rings. The molecule has 0 spiro atoms. The maximum atomic E-state index is 12.9. The van der Waals surface area contributed by atoms with Crippen molar-refractivity contribution in [1.82, 2.24) is 4.90 Å². The van der Waals surface area contributed by atoms with E-state index in [1.165, 1.54) is 12.1 Å². The quantitative estimate of drug-likeness (QED) is 0.534. The van der Waals surface area contributed by atoms with Crippen molar-refractivity contribution < 1.29 is 23.9 Å². The summed E-state index contributed by atoms with van der Waals surface area (Å²) in [6, 6.07) is 15.8. The van der Waals surface area contributed by atoms with Crippen LogP contribution < -0.4 is 0 Å². The average molecular weight is 390 g/mol. The van der Waals surface area contributed by atoms with Crippen molar-refractivity contribution in [3.63, 3.8) is 0 Å². The van der Waals surface area contributed by atoms with Crippen LogP contribution in [0.25, 0.3) is 0 Å². The molecular formula is C20H20ClNO5. The second-order valence-electron chi connectivity index (χ2n) is 5.50. The lowest BCUT2D eigenvalue weighted by molar-refractivity contribution is -0.147. The molecule has 0 aliphatic carbocycles. The third-order valence-electron chi connectivity index (χ3n) is 3.66.